The lowest BCUT2D eigenvalue weighted by atomic mass is 10.1. The van der Waals surface area contributed by atoms with Crippen LogP contribution in [-0.4, -0.2) is 48.0 Å². The molecule has 1 heterocycles. The third-order valence-corrected chi connectivity index (χ3v) is 4.66. The van der Waals surface area contributed by atoms with E-state index in [1.807, 2.05) is 6.07 Å². The van der Waals surface area contributed by atoms with Gasteiger partial charge in [0.1, 0.15) is 11.6 Å². The van der Waals surface area contributed by atoms with Gasteiger partial charge in [0.25, 0.3) is 5.91 Å². The van der Waals surface area contributed by atoms with Gasteiger partial charge < -0.3 is 20.2 Å². The lowest BCUT2D eigenvalue weighted by Crippen LogP contribution is -2.49. The number of anilines is 2. The second kappa shape index (κ2) is 8.44. The number of rotatable bonds is 4. The summed E-state index contributed by atoms with van der Waals surface area (Å²) in [5.74, 6) is -1.47. The number of nitrogens with one attached hydrogen (secondary N) is 1. The summed E-state index contributed by atoms with van der Waals surface area (Å²) >= 11 is 0. The number of carbonyl (C=O) groups is 2. The number of nitrogens with zero attached hydrogens (tertiary/aromatic N) is 3. The maximum absolute atomic E-state index is 14.2. The molecular formula is C21H19FN4O3. The van der Waals surface area contributed by atoms with Crippen LogP contribution in [0.2, 0.25) is 0 Å². The number of aromatic hydroxyl groups is 1. The predicted octanol–water partition coefficient (Wildman–Crippen LogP) is 2.49. The third kappa shape index (κ3) is 4.35. The van der Waals surface area contributed by atoms with Crippen LogP contribution < -0.4 is 10.2 Å². The number of piperazine rings is 1. The molecule has 0 aromatic heterocycles. The van der Waals surface area contributed by atoms with Crippen LogP contribution in [0.4, 0.5) is 15.8 Å². The predicted molar refractivity (Wildman–Crippen MR) is 106 cm³/mol. The summed E-state index contributed by atoms with van der Waals surface area (Å²) in [7, 11) is 0. The van der Waals surface area contributed by atoms with E-state index in [1.54, 1.807) is 21.9 Å². The Morgan fingerprint density at radius 2 is 1.90 bits per heavy atom. The molecule has 0 radical (unpaired) electrons. The van der Waals surface area contributed by atoms with E-state index in [9.17, 15) is 19.1 Å². The van der Waals surface area contributed by atoms with Crippen molar-refractivity contribution in [3.8, 4) is 11.8 Å². The van der Waals surface area contributed by atoms with Crippen molar-refractivity contribution in [2.75, 3.05) is 36.4 Å². The SMILES string of the molecule is C=CC(=O)Nc1ccc(O)c(C(=O)N2CCN(c3ccc(C#N)cc3F)CC2)c1. The zero-order valence-electron chi connectivity index (χ0n) is 15.6. The van der Waals surface area contributed by atoms with E-state index in [-0.39, 0.29) is 22.8 Å². The summed E-state index contributed by atoms with van der Waals surface area (Å²) in [6, 6.07) is 10.4. The van der Waals surface area contributed by atoms with Crippen molar-refractivity contribution in [1.29, 1.82) is 5.26 Å². The van der Waals surface area contributed by atoms with Gasteiger partial charge in [0.15, 0.2) is 0 Å². The van der Waals surface area contributed by atoms with E-state index < -0.39 is 11.7 Å². The van der Waals surface area contributed by atoms with E-state index in [4.69, 9.17) is 5.26 Å². The number of phenols is 1. The normalized spacial score (nSPS) is 13.5. The first kappa shape index (κ1) is 19.9. The van der Waals surface area contributed by atoms with Crippen LogP contribution in [0.15, 0.2) is 49.1 Å². The molecule has 1 fully saturated rings. The molecule has 2 amide bonds. The molecule has 1 aliphatic rings. The molecule has 0 atom stereocenters. The van der Waals surface area contributed by atoms with Crippen LogP contribution in [0.3, 0.4) is 0 Å². The van der Waals surface area contributed by atoms with Crippen molar-refractivity contribution in [2.45, 2.75) is 0 Å². The number of halogens is 1. The standard InChI is InChI=1S/C21H19FN4O3/c1-2-20(28)24-15-4-6-19(27)16(12-15)21(29)26-9-7-25(8-10-26)18-5-3-14(13-23)11-17(18)22/h2-6,11-12,27H,1,7-10H2,(H,24,28). The highest BCUT2D eigenvalue weighted by atomic mass is 19.1. The summed E-state index contributed by atoms with van der Waals surface area (Å²) < 4.78 is 14.2. The van der Waals surface area contributed by atoms with Gasteiger partial charge in [-0.2, -0.15) is 5.26 Å². The van der Waals surface area contributed by atoms with Gasteiger partial charge in [0.05, 0.1) is 22.9 Å². The zero-order chi connectivity index (χ0) is 21.0. The van der Waals surface area contributed by atoms with Gasteiger partial charge in [0, 0.05) is 31.9 Å². The van der Waals surface area contributed by atoms with Gasteiger partial charge in [-0.05, 0) is 42.5 Å². The number of benzene rings is 2. The van der Waals surface area contributed by atoms with Crippen molar-refractivity contribution in [3.63, 3.8) is 0 Å². The lowest BCUT2D eigenvalue weighted by molar-refractivity contribution is -0.111. The Morgan fingerprint density at radius 1 is 1.17 bits per heavy atom. The fraction of sp³-hybridized carbons (Fsp3) is 0.190. The molecule has 2 N–H and O–H groups in total. The van der Waals surface area contributed by atoms with Crippen molar-refractivity contribution >= 4 is 23.2 Å². The summed E-state index contributed by atoms with van der Waals surface area (Å²) in [6.07, 6.45) is 1.11. The molecule has 0 saturated carbocycles. The maximum Gasteiger partial charge on any atom is 0.257 e. The summed E-state index contributed by atoms with van der Waals surface area (Å²) in [6.45, 7) is 4.85. The van der Waals surface area contributed by atoms with Crippen molar-refractivity contribution in [2.24, 2.45) is 0 Å². The largest absolute Gasteiger partial charge is 0.507 e. The molecule has 1 saturated heterocycles. The van der Waals surface area contributed by atoms with E-state index >= 15 is 0 Å². The minimum absolute atomic E-state index is 0.0739. The monoisotopic (exact) mass is 394 g/mol. The fourth-order valence-corrected chi connectivity index (χ4v) is 3.13. The van der Waals surface area contributed by atoms with Crippen molar-refractivity contribution in [1.82, 2.24) is 4.90 Å². The van der Waals surface area contributed by atoms with Gasteiger partial charge in [-0.3, -0.25) is 9.59 Å². The maximum atomic E-state index is 14.2. The van der Waals surface area contributed by atoms with Crippen LogP contribution in [0, 0.1) is 17.1 Å². The molecular weight excluding hydrogens is 375 g/mol. The average molecular weight is 394 g/mol. The Morgan fingerprint density at radius 3 is 2.52 bits per heavy atom. The van der Waals surface area contributed by atoms with Crippen LogP contribution in [0.1, 0.15) is 15.9 Å². The van der Waals surface area contributed by atoms with Crippen molar-refractivity contribution in [3.05, 3.63) is 66.0 Å². The van der Waals surface area contributed by atoms with Crippen LogP contribution >= 0.6 is 0 Å². The second-order valence-corrected chi connectivity index (χ2v) is 6.48. The Balaban J connectivity index is 1.70. The fourth-order valence-electron chi connectivity index (χ4n) is 3.13. The molecule has 0 unspecified atom stereocenters. The Bertz CT molecular complexity index is 1010. The van der Waals surface area contributed by atoms with Gasteiger partial charge in [-0.15, -0.1) is 0 Å². The molecule has 8 heteroatoms. The zero-order valence-corrected chi connectivity index (χ0v) is 15.6. The summed E-state index contributed by atoms with van der Waals surface area (Å²) in [4.78, 5) is 27.6. The van der Waals surface area contributed by atoms with E-state index in [2.05, 4.69) is 11.9 Å². The number of hydrogen-bond acceptors (Lipinski definition) is 5. The van der Waals surface area contributed by atoms with E-state index in [0.717, 1.165) is 6.08 Å². The molecule has 2 aromatic carbocycles. The van der Waals surface area contributed by atoms with Crippen molar-refractivity contribution < 1.29 is 19.1 Å². The smallest absolute Gasteiger partial charge is 0.257 e. The van der Waals surface area contributed by atoms with Crippen LogP contribution in [-0.2, 0) is 4.79 Å². The molecule has 0 aliphatic carbocycles. The lowest BCUT2D eigenvalue weighted by Gasteiger charge is -2.36. The number of nitriles is 1. The number of amides is 2. The number of hydrogen-bond donors (Lipinski definition) is 2. The first-order valence-corrected chi connectivity index (χ1v) is 8.93. The second-order valence-electron chi connectivity index (χ2n) is 6.48. The third-order valence-electron chi connectivity index (χ3n) is 4.66. The first-order valence-electron chi connectivity index (χ1n) is 8.93. The van der Waals surface area contributed by atoms with Crippen LogP contribution in [0.25, 0.3) is 0 Å². The summed E-state index contributed by atoms with van der Waals surface area (Å²) in [5, 5.41) is 21.5. The first-order chi connectivity index (χ1) is 13.9. The molecule has 3 rings (SSSR count). The molecule has 148 valence electrons. The van der Waals surface area contributed by atoms with Gasteiger partial charge in [-0.25, -0.2) is 4.39 Å². The molecule has 0 spiro atoms. The average Bonchev–Trinajstić information content (AvgIpc) is 2.74. The van der Waals surface area contributed by atoms with Crippen LogP contribution in [0.5, 0.6) is 5.75 Å². The minimum atomic E-state index is -0.480. The number of carbonyl (C=O) groups excluding carboxylic acids is 2. The molecule has 1 aliphatic heterocycles. The van der Waals surface area contributed by atoms with E-state index in [0.29, 0.717) is 37.6 Å². The van der Waals surface area contributed by atoms with Gasteiger partial charge in [-0.1, -0.05) is 6.58 Å². The highest BCUT2D eigenvalue weighted by Crippen LogP contribution is 2.25. The van der Waals surface area contributed by atoms with Gasteiger partial charge in [0.2, 0.25) is 5.91 Å². The molecule has 7 nitrogen and oxygen atoms in total. The molecule has 0 bridgehead atoms. The molecule has 29 heavy (non-hydrogen) atoms. The van der Waals surface area contributed by atoms with Gasteiger partial charge >= 0.3 is 0 Å². The Labute approximate surface area is 167 Å². The summed E-state index contributed by atoms with van der Waals surface area (Å²) in [5.41, 5.74) is 1.08. The number of phenolic OH excluding ortho intramolecular Hbond substituents is 1. The Hall–Kier alpha value is -3.86. The highest BCUT2D eigenvalue weighted by Gasteiger charge is 2.25. The van der Waals surface area contributed by atoms with E-state index in [1.165, 1.54) is 24.3 Å². The molecule has 2 aromatic rings. The quantitative estimate of drug-likeness (QED) is 0.614. The minimum Gasteiger partial charge on any atom is -0.507 e. The topological polar surface area (TPSA) is 96.7 Å². The highest BCUT2D eigenvalue weighted by molar-refractivity contribution is 6.02. The Kier molecular flexibility index (Phi) is 5.79.